The van der Waals surface area contributed by atoms with Crippen molar-refractivity contribution in [2.75, 3.05) is 12.9 Å². The Kier molecular flexibility index (Phi) is 5.19. The third kappa shape index (κ3) is 3.91. The Morgan fingerprint density at radius 2 is 1.92 bits per heavy atom. The van der Waals surface area contributed by atoms with Crippen LogP contribution in [0.5, 0.6) is 5.75 Å². The Morgan fingerprint density at radius 1 is 1.12 bits per heavy atom. The molecule has 0 N–H and O–H groups in total. The maximum Gasteiger partial charge on any atom is 0.196 e. The number of carbonyl (C=O) groups is 1. The Hall–Kier alpha value is -2.60. The van der Waals surface area contributed by atoms with E-state index in [1.165, 1.54) is 11.8 Å². The molecule has 1 heterocycles. The Balaban J connectivity index is 1.79. The van der Waals surface area contributed by atoms with Crippen LogP contribution in [0.25, 0.3) is 5.69 Å². The second kappa shape index (κ2) is 7.53. The minimum Gasteiger partial charge on any atom is -0.497 e. The number of hydrogen-bond acceptors (Lipinski definition) is 5. The summed E-state index contributed by atoms with van der Waals surface area (Å²) < 4.78 is 7.14. The van der Waals surface area contributed by atoms with Gasteiger partial charge in [-0.15, -0.1) is 10.2 Å². The van der Waals surface area contributed by atoms with Crippen LogP contribution < -0.4 is 4.74 Å². The van der Waals surface area contributed by atoms with Gasteiger partial charge < -0.3 is 4.74 Å². The van der Waals surface area contributed by atoms with Crippen molar-refractivity contribution in [2.24, 2.45) is 0 Å². The first-order valence-corrected chi connectivity index (χ1v) is 8.86. The van der Waals surface area contributed by atoms with Gasteiger partial charge in [-0.2, -0.15) is 0 Å². The lowest BCUT2D eigenvalue weighted by Crippen LogP contribution is -2.05. The number of aryl methyl sites for hydroxylation is 2. The molecule has 0 fully saturated rings. The molecular formula is C19H19N3O2S. The van der Waals surface area contributed by atoms with Crippen molar-refractivity contribution in [3.63, 3.8) is 0 Å². The Labute approximate surface area is 151 Å². The molecule has 1 aromatic heterocycles. The van der Waals surface area contributed by atoms with Gasteiger partial charge in [0.2, 0.25) is 0 Å². The maximum atomic E-state index is 12.5. The van der Waals surface area contributed by atoms with Gasteiger partial charge in [-0.1, -0.05) is 36.0 Å². The van der Waals surface area contributed by atoms with Crippen LogP contribution in [0.3, 0.4) is 0 Å². The fourth-order valence-electron chi connectivity index (χ4n) is 2.51. The molecule has 2 aromatic carbocycles. The summed E-state index contributed by atoms with van der Waals surface area (Å²) >= 11 is 1.38. The van der Waals surface area contributed by atoms with Crippen LogP contribution in [0.15, 0.2) is 53.7 Å². The van der Waals surface area contributed by atoms with Gasteiger partial charge in [0, 0.05) is 11.3 Å². The predicted octanol–water partition coefficient (Wildman–Crippen LogP) is 3.87. The van der Waals surface area contributed by atoms with Crippen molar-refractivity contribution in [1.82, 2.24) is 14.8 Å². The van der Waals surface area contributed by atoms with Crippen LogP contribution in [-0.2, 0) is 0 Å². The first-order chi connectivity index (χ1) is 12.1. The molecule has 0 saturated carbocycles. The number of hydrogen-bond donors (Lipinski definition) is 0. The molecule has 25 heavy (non-hydrogen) atoms. The van der Waals surface area contributed by atoms with Crippen LogP contribution >= 0.6 is 11.8 Å². The van der Waals surface area contributed by atoms with Gasteiger partial charge in [-0.05, 0) is 43.7 Å². The molecule has 128 valence electrons. The van der Waals surface area contributed by atoms with Crippen molar-refractivity contribution in [1.29, 1.82) is 0 Å². The van der Waals surface area contributed by atoms with E-state index in [0.717, 1.165) is 17.1 Å². The number of benzene rings is 2. The molecule has 0 saturated heterocycles. The van der Waals surface area contributed by atoms with Crippen LogP contribution in [-0.4, -0.2) is 33.4 Å². The van der Waals surface area contributed by atoms with E-state index in [0.29, 0.717) is 16.5 Å². The second-order valence-corrected chi connectivity index (χ2v) is 6.59. The highest BCUT2D eigenvalue weighted by molar-refractivity contribution is 7.99. The third-order valence-corrected chi connectivity index (χ3v) is 4.71. The highest BCUT2D eigenvalue weighted by atomic mass is 32.2. The number of aromatic nitrogens is 3. The largest absolute Gasteiger partial charge is 0.497 e. The molecule has 6 heteroatoms. The molecule has 0 radical (unpaired) electrons. The summed E-state index contributed by atoms with van der Waals surface area (Å²) in [7, 11) is 1.59. The molecule has 0 aliphatic rings. The normalized spacial score (nSPS) is 10.7. The van der Waals surface area contributed by atoms with E-state index < -0.39 is 0 Å². The average Bonchev–Trinajstić information content (AvgIpc) is 3.00. The predicted molar refractivity (Wildman–Crippen MR) is 98.9 cm³/mol. The topological polar surface area (TPSA) is 57.0 Å². The Morgan fingerprint density at radius 3 is 2.68 bits per heavy atom. The molecule has 5 nitrogen and oxygen atoms in total. The summed E-state index contributed by atoms with van der Waals surface area (Å²) in [5, 5.41) is 9.09. The molecule has 3 rings (SSSR count). The van der Waals surface area contributed by atoms with Crippen LogP contribution in [0, 0.1) is 13.8 Å². The van der Waals surface area contributed by atoms with E-state index in [1.54, 1.807) is 19.2 Å². The molecule has 0 bridgehead atoms. The Bertz CT molecular complexity index is 905. The van der Waals surface area contributed by atoms with Crippen molar-refractivity contribution >= 4 is 17.5 Å². The fourth-order valence-corrected chi connectivity index (χ4v) is 3.40. The molecule has 3 aromatic rings. The zero-order valence-electron chi connectivity index (χ0n) is 14.4. The second-order valence-electron chi connectivity index (χ2n) is 5.65. The molecule has 0 atom stereocenters. The van der Waals surface area contributed by atoms with Crippen LogP contribution in [0.4, 0.5) is 0 Å². The van der Waals surface area contributed by atoms with Crippen molar-refractivity contribution in [2.45, 2.75) is 19.0 Å². The van der Waals surface area contributed by atoms with Gasteiger partial charge in [0.25, 0.3) is 0 Å². The molecular weight excluding hydrogens is 334 g/mol. The zero-order chi connectivity index (χ0) is 17.8. The number of ether oxygens (including phenoxy) is 1. The lowest BCUT2D eigenvalue weighted by molar-refractivity contribution is 0.102. The van der Waals surface area contributed by atoms with E-state index in [-0.39, 0.29) is 11.5 Å². The summed E-state index contributed by atoms with van der Waals surface area (Å²) in [6.07, 6.45) is 0. The van der Waals surface area contributed by atoms with Crippen molar-refractivity contribution < 1.29 is 9.53 Å². The summed E-state index contributed by atoms with van der Waals surface area (Å²) in [5.41, 5.74) is 2.79. The average molecular weight is 353 g/mol. The molecule has 0 amide bonds. The quantitative estimate of drug-likeness (QED) is 0.497. The van der Waals surface area contributed by atoms with Crippen LogP contribution in [0.2, 0.25) is 0 Å². The number of carbonyl (C=O) groups excluding carboxylic acids is 1. The standard InChI is InChI=1S/C19H19N3O2S/c1-13-6-4-8-16(10-13)22-14(2)20-21-19(22)25-12-18(23)15-7-5-9-17(11-15)24-3/h4-11H,12H2,1-3H3. The summed E-state index contributed by atoms with van der Waals surface area (Å²) in [6.45, 7) is 3.95. The number of methoxy groups -OCH3 is 1. The summed E-state index contributed by atoms with van der Waals surface area (Å²) in [6, 6.07) is 15.3. The molecule has 0 spiro atoms. The lowest BCUT2D eigenvalue weighted by Gasteiger charge is -2.09. The van der Waals surface area contributed by atoms with Crippen molar-refractivity contribution in [3.05, 3.63) is 65.5 Å². The smallest absolute Gasteiger partial charge is 0.196 e. The first-order valence-electron chi connectivity index (χ1n) is 7.87. The molecule has 0 unspecified atom stereocenters. The fraction of sp³-hybridized carbons (Fsp3) is 0.211. The number of thioether (sulfide) groups is 1. The number of Topliss-reactive ketones (excluding diaryl/α,β-unsaturated/α-hetero) is 1. The van der Waals surface area contributed by atoms with Gasteiger partial charge in [0.1, 0.15) is 11.6 Å². The zero-order valence-corrected chi connectivity index (χ0v) is 15.2. The lowest BCUT2D eigenvalue weighted by atomic mass is 10.1. The van der Waals surface area contributed by atoms with Gasteiger partial charge >= 0.3 is 0 Å². The third-order valence-electron chi connectivity index (χ3n) is 3.78. The van der Waals surface area contributed by atoms with Gasteiger partial charge in [-0.25, -0.2) is 0 Å². The number of rotatable bonds is 6. The van der Waals surface area contributed by atoms with Crippen molar-refractivity contribution in [3.8, 4) is 11.4 Å². The summed E-state index contributed by atoms with van der Waals surface area (Å²) in [4.78, 5) is 12.5. The SMILES string of the molecule is COc1cccc(C(=O)CSc2nnc(C)n2-c2cccc(C)c2)c1. The summed E-state index contributed by atoms with van der Waals surface area (Å²) in [5.74, 6) is 1.79. The van der Waals surface area contributed by atoms with Crippen LogP contribution in [0.1, 0.15) is 21.7 Å². The maximum absolute atomic E-state index is 12.5. The first kappa shape index (κ1) is 17.2. The van der Waals surface area contributed by atoms with E-state index in [9.17, 15) is 4.79 Å². The minimum atomic E-state index is 0.0281. The molecule has 0 aliphatic heterocycles. The van der Waals surface area contributed by atoms with E-state index in [1.807, 2.05) is 48.7 Å². The highest BCUT2D eigenvalue weighted by Crippen LogP contribution is 2.24. The molecule has 0 aliphatic carbocycles. The minimum absolute atomic E-state index is 0.0281. The van der Waals surface area contributed by atoms with E-state index >= 15 is 0 Å². The number of nitrogens with zero attached hydrogens (tertiary/aromatic N) is 3. The number of ketones is 1. The van der Waals surface area contributed by atoms with E-state index in [4.69, 9.17) is 4.74 Å². The monoisotopic (exact) mass is 353 g/mol. The highest BCUT2D eigenvalue weighted by Gasteiger charge is 2.14. The van der Waals surface area contributed by atoms with E-state index in [2.05, 4.69) is 16.3 Å². The van der Waals surface area contributed by atoms with Gasteiger partial charge in [0.05, 0.1) is 12.9 Å². The van der Waals surface area contributed by atoms with Gasteiger partial charge in [0.15, 0.2) is 10.9 Å². The van der Waals surface area contributed by atoms with Gasteiger partial charge in [-0.3, -0.25) is 9.36 Å².